The minimum Gasteiger partial charge on any atom is -0.464 e. The van der Waals surface area contributed by atoms with Gasteiger partial charge in [-0.15, -0.1) is 0 Å². The molecule has 0 aliphatic rings. The van der Waals surface area contributed by atoms with E-state index in [1.165, 1.54) is 13.8 Å². The summed E-state index contributed by atoms with van der Waals surface area (Å²) in [6.07, 6.45) is -0.316. The van der Waals surface area contributed by atoms with Crippen molar-refractivity contribution in [2.75, 3.05) is 13.2 Å². The van der Waals surface area contributed by atoms with Crippen LogP contribution < -0.4 is 0 Å². The third-order valence-electron chi connectivity index (χ3n) is 2.93. The van der Waals surface area contributed by atoms with Crippen molar-refractivity contribution in [3.05, 3.63) is 0 Å². The first-order valence-electron chi connectivity index (χ1n) is 6.13. The summed E-state index contributed by atoms with van der Waals surface area (Å²) in [7, 11) is 0. The molecule has 6 nitrogen and oxygen atoms in total. The van der Waals surface area contributed by atoms with E-state index < -0.39 is 23.1 Å². The van der Waals surface area contributed by atoms with Crippen molar-refractivity contribution in [3.63, 3.8) is 0 Å². The Kier molecular flexibility index (Phi) is 6.28. The molecular weight excluding hydrogens is 240 g/mol. The molecule has 0 aromatic carbocycles. The highest BCUT2D eigenvalue weighted by Crippen LogP contribution is 2.32. The van der Waals surface area contributed by atoms with Crippen molar-refractivity contribution in [2.45, 2.75) is 51.7 Å². The standard InChI is InChI=1S/C12H22O6/c1-5-11(15,9(13)17-7-3)12(16,6-2)10(14)18-8-4/h15-16H,5-8H2,1-4H3/t11-,12-/m0/s1. The maximum Gasteiger partial charge on any atom is 0.341 e. The minimum absolute atomic E-state index is 0.0454. The van der Waals surface area contributed by atoms with Crippen molar-refractivity contribution in [2.24, 2.45) is 0 Å². The average Bonchev–Trinajstić information content (AvgIpc) is 2.37. The van der Waals surface area contributed by atoms with Crippen LogP contribution >= 0.6 is 0 Å². The summed E-state index contributed by atoms with van der Waals surface area (Å²) >= 11 is 0. The molecule has 0 saturated carbocycles. The van der Waals surface area contributed by atoms with E-state index in [1.54, 1.807) is 13.8 Å². The molecule has 2 N–H and O–H groups in total. The summed E-state index contributed by atoms with van der Waals surface area (Å²) in [5, 5.41) is 20.6. The van der Waals surface area contributed by atoms with Gasteiger partial charge in [0.1, 0.15) is 0 Å². The molecule has 106 valence electrons. The second-order valence-electron chi connectivity index (χ2n) is 3.87. The minimum atomic E-state index is -2.30. The van der Waals surface area contributed by atoms with Gasteiger partial charge in [0.2, 0.25) is 11.2 Å². The van der Waals surface area contributed by atoms with Gasteiger partial charge in [0.15, 0.2) is 0 Å². The summed E-state index contributed by atoms with van der Waals surface area (Å²) in [6, 6.07) is 0. The zero-order chi connectivity index (χ0) is 14.4. The maximum atomic E-state index is 11.8. The molecule has 0 unspecified atom stereocenters. The Morgan fingerprint density at radius 1 is 0.833 bits per heavy atom. The number of carbonyl (C=O) groups excluding carboxylic acids is 2. The third kappa shape index (κ3) is 2.81. The Balaban J connectivity index is 5.42. The number of hydrogen-bond donors (Lipinski definition) is 2. The Morgan fingerprint density at radius 3 is 1.28 bits per heavy atom. The fourth-order valence-corrected chi connectivity index (χ4v) is 1.71. The van der Waals surface area contributed by atoms with E-state index in [-0.39, 0.29) is 26.1 Å². The molecule has 0 aliphatic heterocycles. The predicted octanol–water partition coefficient (Wildman–Crippen LogP) is 0.395. The van der Waals surface area contributed by atoms with E-state index in [2.05, 4.69) is 0 Å². The zero-order valence-electron chi connectivity index (χ0n) is 11.4. The topological polar surface area (TPSA) is 93.1 Å². The molecule has 6 heteroatoms. The number of aliphatic hydroxyl groups is 2. The van der Waals surface area contributed by atoms with Crippen LogP contribution in [-0.4, -0.2) is 46.6 Å². The molecule has 0 aliphatic carbocycles. The second-order valence-corrected chi connectivity index (χ2v) is 3.87. The Morgan fingerprint density at radius 2 is 1.11 bits per heavy atom. The van der Waals surface area contributed by atoms with Crippen molar-refractivity contribution >= 4 is 11.9 Å². The van der Waals surface area contributed by atoms with Crippen LogP contribution in [0, 0.1) is 0 Å². The molecule has 0 bridgehead atoms. The third-order valence-corrected chi connectivity index (χ3v) is 2.93. The molecule has 0 aromatic rings. The van der Waals surface area contributed by atoms with Gasteiger partial charge < -0.3 is 19.7 Å². The molecule has 0 saturated heterocycles. The van der Waals surface area contributed by atoms with Gasteiger partial charge in [-0.2, -0.15) is 0 Å². The molecular formula is C12H22O6. The van der Waals surface area contributed by atoms with Crippen LogP contribution in [0.5, 0.6) is 0 Å². The monoisotopic (exact) mass is 262 g/mol. The fourth-order valence-electron chi connectivity index (χ4n) is 1.71. The lowest BCUT2D eigenvalue weighted by molar-refractivity contribution is -0.214. The summed E-state index contributed by atoms with van der Waals surface area (Å²) in [5.41, 5.74) is -4.60. The first-order chi connectivity index (χ1) is 8.33. The van der Waals surface area contributed by atoms with E-state index in [0.29, 0.717) is 0 Å². The molecule has 0 rings (SSSR count). The molecule has 0 fully saturated rings. The molecule has 0 heterocycles. The highest BCUT2D eigenvalue weighted by Gasteiger charge is 2.59. The molecule has 0 amide bonds. The predicted molar refractivity (Wildman–Crippen MR) is 63.7 cm³/mol. The smallest absolute Gasteiger partial charge is 0.341 e. The first-order valence-corrected chi connectivity index (χ1v) is 6.13. The van der Waals surface area contributed by atoms with Gasteiger partial charge in [0.05, 0.1) is 13.2 Å². The van der Waals surface area contributed by atoms with Gasteiger partial charge in [-0.25, -0.2) is 9.59 Å². The highest BCUT2D eigenvalue weighted by molar-refractivity contribution is 5.92. The van der Waals surface area contributed by atoms with Crippen LogP contribution in [0.4, 0.5) is 0 Å². The van der Waals surface area contributed by atoms with Gasteiger partial charge in [0, 0.05) is 0 Å². The zero-order valence-corrected chi connectivity index (χ0v) is 11.4. The van der Waals surface area contributed by atoms with E-state index in [9.17, 15) is 19.8 Å². The molecule has 18 heavy (non-hydrogen) atoms. The van der Waals surface area contributed by atoms with Crippen LogP contribution in [0.1, 0.15) is 40.5 Å². The fraction of sp³-hybridized carbons (Fsp3) is 0.833. The van der Waals surface area contributed by atoms with Gasteiger partial charge in [-0.3, -0.25) is 0 Å². The summed E-state index contributed by atoms with van der Waals surface area (Å²) in [5.74, 6) is -2.05. The van der Waals surface area contributed by atoms with Crippen molar-refractivity contribution in [1.29, 1.82) is 0 Å². The number of esters is 2. The highest BCUT2D eigenvalue weighted by atomic mass is 16.6. The average molecular weight is 262 g/mol. The summed E-state index contributed by atoms with van der Waals surface area (Å²) < 4.78 is 9.44. The quantitative estimate of drug-likeness (QED) is 0.645. The molecule has 0 radical (unpaired) electrons. The largest absolute Gasteiger partial charge is 0.464 e. The Labute approximate surface area is 107 Å². The van der Waals surface area contributed by atoms with Crippen LogP contribution in [0.3, 0.4) is 0 Å². The number of carbonyl (C=O) groups is 2. The van der Waals surface area contributed by atoms with Gasteiger partial charge in [-0.05, 0) is 26.7 Å². The Bertz CT molecular complexity index is 273. The molecule has 0 aromatic heterocycles. The molecule has 0 spiro atoms. The lowest BCUT2D eigenvalue weighted by Gasteiger charge is -2.38. The SMILES string of the molecule is CCOC(=O)[C@@](O)(CC)[C@](O)(CC)C(=O)OCC. The van der Waals surface area contributed by atoms with Crippen molar-refractivity contribution in [1.82, 2.24) is 0 Å². The normalized spacial score (nSPS) is 17.4. The first kappa shape index (κ1) is 16.9. The summed E-state index contributed by atoms with van der Waals surface area (Å²) in [4.78, 5) is 23.5. The van der Waals surface area contributed by atoms with E-state index >= 15 is 0 Å². The lowest BCUT2D eigenvalue weighted by Crippen LogP contribution is -2.64. The van der Waals surface area contributed by atoms with E-state index in [0.717, 1.165) is 0 Å². The second kappa shape index (κ2) is 6.70. The lowest BCUT2D eigenvalue weighted by atomic mass is 9.78. The van der Waals surface area contributed by atoms with Gasteiger partial charge in [0.25, 0.3) is 0 Å². The number of rotatable bonds is 7. The molecule has 2 atom stereocenters. The Hall–Kier alpha value is -1.14. The van der Waals surface area contributed by atoms with Crippen LogP contribution in [0.15, 0.2) is 0 Å². The maximum absolute atomic E-state index is 11.8. The van der Waals surface area contributed by atoms with E-state index in [1.807, 2.05) is 0 Å². The number of hydrogen-bond acceptors (Lipinski definition) is 6. The van der Waals surface area contributed by atoms with Crippen molar-refractivity contribution < 1.29 is 29.3 Å². The van der Waals surface area contributed by atoms with Crippen LogP contribution in [0.2, 0.25) is 0 Å². The van der Waals surface area contributed by atoms with Crippen molar-refractivity contribution in [3.8, 4) is 0 Å². The number of ether oxygens (including phenoxy) is 2. The van der Waals surface area contributed by atoms with Gasteiger partial charge >= 0.3 is 11.9 Å². The van der Waals surface area contributed by atoms with Crippen LogP contribution in [-0.2, 0) is 19.1 Å². The van der Waals surface area contributed by atoms with E-state index in [4.69, 9.17) is 9.47 Å². The van der Waals surface area contributed by atoms with Crippen LogP contribution in [0.25, 0.3) is 0 Å². The van der Waals surface area contributed by atoms with Gasteiger partial charge in [-0.1, -0.05) is 13.8 Å². The summed E-state index contributed by atoms with van der Waals surface area (Å²) in [6.45, 7) is 6.20.